The normalized spacial score (nSPS) is 12.1. The Balaban J connectivity index is 1.58. The number of furan rings is 1. The van der Waals surface area contributed by atoms with Crippen molar-refractivity contribution >= 4 is 34.2 Å². The summed E-state index contributed by atoms with van der Waals surface area (Å²) in [6, 6.07) is 7.83. The Kier molecular flexibility index (Phi) is 5.42. The number of nitrogens with one attached hydrogen (secondary N) is 1. The lowest BCUT2D eigenvalue weighted by molar-refractivity contribution is -0.154. The van der Waals surface area contributed by atoms with Crippen LogP contribution in [0.1, 0.15) is 28.5 Å². The van der Waals surface area contributed by atoms with E-state index in [-0.39, 0.29) is 12.3 Å². The van der Waals surface area contributed by atoms with E-state index < -0.39 is 12.1 Å². The third-order valence-corrected chi connectivity index (χ3v) is 5.18. The minimum Gasteiger partial charge on any atom is -0.464 e. The van der Waals surface area contributed by atoms with Crippen molar-refractivity contribution in [2.75, 3.05) is 0 Å². The molecule has 3 aromatic rings. The summed E-state index contributed by atoms with van der Waals surface area (Å²) in [7, 11) is 0. The Hall–Kier alpha value is -2.60. The van der Waals surface area contributed by atoms with E-state index in [4.69, 9.17) is 9.15 Å². The monoisotopic (exact) mass is 371 g/mol. The third-order valence-electron chi connectivity index (χ3n) is 4.30. The van der Waals surface area contributed by atoms with Gasteiger partial charge >= 0.3 is 5.97 Å². The van der Waals surface area contributed by atoms with E-state index in [2.05, 4.69) is 5.32 Å². The van der Waals surface area contributed by atoms with Crippen molar-refractivity contribution in [1.29, 1.82) is 0 Å². The molecule has 0 aliphatic heterocycles. The van der Waals surface area contributed by atoms with Crippen molar-refractivity contribution in [2.24, 2.45) is 0 Å². The Bertz CT molecular complexity index is 927. The van der Waals surface area contributed by atoms with Crippen molar-refractivity contribution in [1.82, 2.24) is 5.32 Å². The van der Waals surface area contributed by atoms with Crippen LogP contribution in [-0.4, -0.2) is 18.0 Å². The van der Waals surface area contributed by atoms with Gasteiger partial charge in [0, 0.05) is 15.8 Å². The number of fused-ring (bicyclic) bond motifs is 1. The van der Waals surface area contributed by atoms with Gasteiger partial charge in [-0.05, 0) is 55.5 Å². The van der Waals surface area contributed by atoms with Crippen molar-refractivity contribution < 1.29 is 18.7 Å². The number of benzene rings is 1. The Labute approximate surface area is 156 Å². The van der Waals surface area contributed by atoms with E-state index in [1.807, 2.05) is 43.5 Å². The van der Waals surface area contributed by atoms with Gasteiger partial charge in [0.25, 0.3) is 5.91 Å². The molecule has 26 heavy (non-hydrogen) atoms. The fourth-order valence-electron chi connectivity index (χ4n) is 2.65. The highest BCUT2D eigenvalue weighted by atomic mass is 32.1. The molecular weight excluding hydrogens is 350 g/mol. The average molecular weight is 371 g/mol. The molecule has 136 valence electrons. The number of hydrogen-bond acceptors (Lipinski definition) is 5. The second kappa shape index (κ2) is 7.74. The molecule has 6 heteroatoms. The first kappa shape index (κ1) is 18.2. The number of aryl methyl sites for hydroxylation is 2. The first-order chi connectivity index (χ1) is 12.4. The van der Waals surface area contributed by atoms with Crippen molar-refractivity contribution in [3.05, 3.63) is 57.5 Å². The second-order valence-corrected chi connectivity index (χ2v) is 7.33. The number of rotatable bonds is 6. The fraction of sp³-hybridized carbons (Fsp3) is 0.300. The highest BCUT2D eigenvalue weighted by molar-refractivity contribution is 7.09. The van der Waals surface area contributed by atoms with Gasteiger partial charge < -0.3 is 14.5 Å². The van der Waals surface area contributed by atoms with Gasteiger partial charge in [-0.3, -0.25) is 9.59 Å². The first-order valence-corrected chi connectivity index (χ1v) is 9.29. The van der Waals surface area contributed by atoms with Crippen molar-refractivity contribution in [3.8, 4) is 0 Å². The van der Waals surface area contributed by atoms with Crippen LogP contribution in [0.15, 0.2) is 40.3 Å². The predicted octanol–water partition coefficient (Wildman–Crippen LogP) is 3.90. The molecule has 3 rings (SSSR count). The maximum atomic E-state index is 12.2. The van der Waals surface area contributed by atoms with Gasteiger partial charge in [-0.1, -0.05) is 6.07 Å². The van der Waals surface area contributed by atoms with E-state index in [0.717, 1.165) is 32.5 Å². The van der Waals surface area contributed by atoms with E-state index in [0.29, 0.717) is 6.54 Å². The molecule has 5 nitrogen and oxygen atoms in total. The largest absolute Gasteiger partial charge is 0.464 e. The minimum atomic E-state index is -0.843. The van der Waals surface area contributed by atoms with Gasteiger partial charge in [-0.15, -0.1) is 11.3 Å². The summed E-state index contributed by atoms with van der Waals surface area (Å²) < 4.78 is 10.8. The lowest BCUT2D eigenvalue weighted by Crippen LogP contribution is -2.35. The summed E-state index contributed by atoms with van der Waals surface area (Å²) in [6.45, 7) is 6.04. The Morgan fingerprint density at radius 1 is 1.27 bits per heavy atom. The zero-order valence-electron chi connectivity index (χ0n) is 15.0. The summed E-state index contributed by atoms with van der Waals surface area (Å²) in [4.78, 5) is 25.3. The molecule has 0 spiro atoms. The molecule has 0 fully saturated rings. The molecule has 0 saturated heterocycles. The molecule has 0 aliphatic rings. The zero-order valence-corrected chi connectivity index (χ0v) is 15.8. The van der Waals surface area contributed by atoms with Gasteiger partial charge in [0.2, 0.25) is 0 Å². The maximum Gasteiger partial charge on any atom is 0.311 e. The van der Waals surface area contributed by atoms with Crippen LogP contribution in [-0.2, 0) is 27.3 Å². The molecule has 1 N–H and O–H groups in total. The molecule has 0 unspecified atom stereocenters. The lowest BCUT2D eigenvalue weighted by atomic mass is 10.0. The maximum absolute atomic E-state index is 12.2. The highest BCUT2D eigenvalue weighted by Crippen LogP contribution is 2.25. The topological polar surface area (TPSA) is 68.5 Å². The number of carbonyl (C=O) groups excluding carboxylic acids is 2. The standard InChI is InChI=1S/C20H21NO4S/c1-12-7-17-15(11-24-18(17)8-13(12)2)9-19(22)25-14(3)20(23)21-10-16-5-4-6-26-16/h4-8,11,14H,9-10H2,1-3H3,(H,21,23)/t14-/m1/s1. The summed E-state index contributed by atoms with van der Waals surface area (Å²) in [5.41, 5.74) is 3.78. The summed E-state index contributed by atoms with van der Waals surface area (Å²) in [5.74, 6) is -0.764. The summed E-state index contributed by atoms with van der Waals surface area (Å²) in [6.07, 6.45) is 0.800. The van der Waals surface area contributed by atoms with Crippen LogP contribution in [0.4, 0.5) is 0 Å². The van der Waals surface area contributed by atoms with Gasteiger partial charge in [0.15, 0.2) is 6.10 Å². The molecule has 1 aromatic carbocycles. The molecule has 1 amide bonds. The minimum absolute atomic E-state index is 0.0675. The number of ether oxygens (including phenoxy) is 1. The van der Waals surface area contributed by atoms with Crippen molar-refractivity contribution in [2.45, 2.75) is 39.8 Å². The number of hydrogen-bond donors (Lipinski definition) is 1. The van der Waals surface area contributed by atoms with Crippen LogP contribution in [0.3, 0.4) is 0 Å². The fourth-order valence-corrected chi connectivity index (χ4v) is 3.30. The lowest BCUT2D eigenvalue weighted by Gasteiger charge is -2.13. The molecule has 2 aromatic heterocycles. The van der Waals surface area contributed by atoms with Crippen molar-refractivity contribution in [3.63, 3.8) is 0 Å². The van der Waals surface area contributed by atoms with Gasteiger partial charge in [0.05, 0.1) is 19.2 Å². The van der Waals surface area contributed by atoms with Crippen LogP contribution in [0.5, 0.6) is 0 Å². The van der Waals surface area contributed by atoms with Gasteiger partial charge in [-0.2, -0.15) is 0 Å². The predicted molar refractivity (Wildman–Crippen MR) is 101 cm³/mol. The molecule has 0 aliphatic carbocycles. The smallest absolute Gasteiger partial charge is 0.311 e. The molecule has 0 radical (unpaired) electrons. The number of thiophene rings is 1. The van der Waals surface area contributed by atoms with Crippen LogP contribution < -0.4 is 5.32 Å². The van der Waals surface area contributed by atoms with Gasteiger partial charge in [0.1, 0.15) is 5.58 Å². The molecule has 1 atom stereocenters. The van der Waals surface area contributed by atoms with E-state index in [1.54, 1.807) is 24.5 Å². The zero-order chi connectivity index (χ0) is 18.7. The van der Waals surface area contributed by atoms with Crippen LogP contribution in [0.2, 0.25) is 0 Å². The van der Waals surface area contributed by atoms with Crippen LogP contribution in [0.25, 0.3) is 11.0 Å². The van der Waals surface area contributed by atoms with Gasteiger partial charge in [-0.25, -0.2) is 0 Å². The Morgan fingerprint density at radius 2 is 2.04 bits per heavy atom. The molecule has 0 saturated carbocycles. The van der Waals surface area contributed by atoms with E-state index in [9.17, 15) is 9.59 Å². The van der Waals surface area contributed by atoms with Crippen LogP contribution >= 0.6 is 11.3 Å². The molecule has 0 bridgehead atoms. The number of carbonyl (C=O) groups is 2. The second-order valence-electron chi connectivity index (χ2n) is 6.30. The SMILES string of the molecule is Cc1cc2occ(CC(=O)O[C@H](C)C(=O)NCc3cccs3)c2cc1C. The van der Waals surface area contributed by atoms with E-state index in [1.165, 1.54) is 0 Å². The van der Waals surface area contributed by atoms with Crippen LogP contribution in [0, 0.1) is 13.8 Å². The number of amides is 1. The molecular formula is C20H21NO4S. The first-order valence-electron chi connectivity index (χ1n) is 8.41. The summed E-state index contributed by atoms with van der Waals surface area (Å²) in [5, 5.41) is 5.62. The highest BCUT2D eigenvalue weighted by Gasteiger charge is 2.19. The number of esters is 1. The quantitative estimate of drug-likeness (QED) is 0.667. The summed E-state index contributed by atoms with van der Waals surface area (Å²) >= 11 is 1.56. The third kappa shape index (κ3) is 4.14. The molecule has 2 heterocycles. The average Bonchev–Trinajstić information content (AvgIpc) is 3.24. The van der Waals surface area contributed by atoms with E-state index >= 15 is 0 Å². The Morgan fingerprint density at radius 3 is 2.77 bits per heavy atom.